The number of carboxylic acid groups (broad SMARTS) is 1. The van der Waals surface area contributed by atoms with Crippen molar-refractivity contribution in [3.63, 3.8) is 0 Å². The van der Waals surface area contributed by atoms with Gasteiger partial charge in [0, 0.05) is 16.2 Å². The lowest BCUT2D eigenvalue weighted by atomic mass is 10.0. The summed E-state index contributed by atoms with van der Waals surface area (Å²) in [5.41, 5.74) is 2.72. The lowest BCUT2D eigenvalue weighted by molar-refractivity contribution is -0.146. The molecule has 4 amide bonds. The summed E-state index contributed by atoms with van der Waals surface area (Å²) in [4.78, 5) is 64.2. The number of nitrogens with one attached hydrogen (secondary N) is 3. The molecule has 0 unspecified atom stereocenters. The Kier molecular flexibility index (Phi) is 12.4. The van der Waals surface area contributed by atoms with Crippen LogP contribution in [-0.4, -0.2) is 64.9 Å². The second kappa shape index (κ2) is 16.7. The monoisotopic (exact) mass is 686 g/mol. The van der Waals surface area contributed by atoms with Gasteiger partial charge in [0.15, 0.2) is 0 Å². The minimum Gasteiger partial charge on any atom is -0.481 e. The summed E-state index contributed by atoms with van der Waals surface area (Å²) in [5.74, 6) is -4.37. The standard InChI is InChI=1S/C36H39N4O8P/c1-24(2)33(38-35(45)28-19-18-26-12-10-11-13-27(26)22-28)36(46)37-25(3)34(44)39-40(21-20-32(42)43)31(41)23-48-49(47,29-14-6-4-7-15-29)30-16-8-5-9-17-30/h4-19,22,24-25,33H,20-21,23H2,1-3H3,(H,37,46)(H,38,45)(H,39,44)(H,42,43)/t25-,33-/m0/s1. The molecule has 4 aromatic rings. The SMILES string of the molecule is CC(C)[C@H](NC(=O)c1ccc2ccccc2c1)C(=O)N[C@@H](C)C(=O)NN(CCC(=O)O)C(=O)COP(=O)(c1ccccc1)c1ccccc1. The third kappa shape index (κ3) is 9.62. The molecule has 0 saturated carbocycles. The van der Waals surface area contributed by atoms with Crippen LogP contribution in [0.15, 0.2) is 103 Å². The van der Waals surface area contributed by atoms with E-state index in [-0.39, 0.29) is 5.92 Å². The first kappa shape index (κ1) is 36.5. The van der Waals surface area contributed by atoms with E-state index in [0.29, 0.717) is 16.2 Å². The van der Waals surface area contributed by atoms with Gasteiger partial charge in [-0.05, 0) is 60.0 Å². The number of carboxylic acids is 1. The van der Waals surface area contributed by atoms with Gasteiger partial charge in [0.1, 0.15) is 18.7 Å². The van der Waals surface area contributed by atoms with Gasteiger partial charge in [-0.3, -0.25) is 39.0 Å². The predicted octanol–water partition coefficient (Wildman–Crippen LogP) is 3.38. The van der Waals surface area contributed by atoms with Gasteiger partial charge >= 0.3 is 5.97 Å². The van der Waals surface area contributed by atoms with Crippen LogP contribution < -0.4 is 26.7 Å². The quantitative estimate of drug-likeness (QED) is 0.116. The highest BCUT2D eigenvalue weighted by Crippen LogP contribution is 2.44. The van der Waals surface area contributed by atoms with Gasteiger partial charge in [-0.1, -0.05) is 80.6 Å². The van der Waals surface area contributed by atoms with E-state index < -0.39 is 68.6 Å². The first-order valence-electron chi connectivity index (χ1n) is 15.7. The van der Waals surface area contributed by atoms with Crippen LogP contribution in [0.2, 0.25) is 0 Å². The normalized spacial score (nSPS) is 12.5. The maximum atomic E-state index is 14.2. The second-order valence-corrected chi connectivity index (χ2v) is 14.0. The maximum absolute atomic E-state index is 14.2. The molecule has 0 saturated heterocycles. The first-order valence-corrected chi connectivity index (χ1v) is 17.3. The molecule has 0 fully saturated rings. The topological polar surface area (TPSA) is 171 Å². The number of carbonyl (C=O) groups excluding carboxylic acids is 4. The van der Waals surface area contributed by atoms with E-state index in [2.05, 4.69) is 16.1 Å². The average Bonchev–Trinajstić information content (AvgIpc) is 3.11. The molecule has 13 heteroatoms. The number of hydrazine groups is 1. The highest BCUT2D eigenvalue weighted by Gasteiger charge is 2.32. The van der Waals surface area contributed by atoms with Crippen LogP contribution in [0.3, 0.4) is 0 Å². The minimum atomic E-state index is -3.76. The number of rotatable bonds is 14. The average molecular weight is 687 g/mol. The molecule has 49 heavy (non-hydrogen) atoms. The molecule has 4 aromatic carbocycles. The molecule has 0 aliphatic rings. The van der Waals surface area contributed by atoms with E-state index >= 15 is 0 Å². The van der Waals surface area contributed by atoms with Crippen LogP contribution in [0.5, 0.6) is 0 Å². The van der Waals surface area contributed by atoms with E-state index in [4.69, 9.17) is 4.52 Å². The molecule has 0 aliphatic heterocycles. The van der Waals surface area contributed by atoms with Gasteiger partial charge in [0.05, 0.1) is 13.0 Å². The van der Waals surface area contributed by atoms with E-state index in [1.807, 2.05) is 30.3 Å². The van der Waals surface area contributed by atoms with Crippen LogP contribution in [0.4, 0.5) is 0 Å². The van der Waals surface area contributed by atoms with Gasteiger partial charge < -0.3 is 20.3 Å². The van der Waals surface area contributed by atoms with Crippen molar-refractivity contribution in [1.82, 2.24) is 21.1 Å². The van der Waals surface area contributed by atoms with Gasteiger partial charge in [-0.25, -0.2) is 0 Å². The molecule has 0 heterocycles. The highest BCUT2D eigenvalue weighted by atomic mass is 31.2. The van der Waals surface area contributed by atoms with Crippen LogP contribution >= 0.6 is 7.37 Å². The number of hydrogen-bond acceptors (Lipinski definition) is 7. The fourth-order valence-corrected chi connectivity index (χ4v) is 6.93. The number of benzene rings is 4. The Labute approximate surface area is 284 Å². The Hall–Kier alpha value is -5.32. The number of aliphatic carboxylic acids is 1. The molecule has 0 spiro atoms. The van der Waals surface area contributed by atoms with Crippen molar-refractivity contribution in [3.05, 3.63) is 109 Å². The van der Waals surface area contributed by atoms with Gasteiger partial charge in [-0.15, -0.1) is 0 Å². The zero-order chi connectivity index (χ0) is 35.6. The van der Waals surface area contributed by atoms with E-state index in [9.17, 15) is 33.6 Å². The summed E-state index contributed by atoms with van der Waals surface area (Å²) in [6, 6.07) is 27.2. The van der Waals surface area contributed by atoms with Crippen LogP contribution in [0.25, 0.3) is 10.8 Å². The Morgan fingerprint density at radius 2 is 1.33 bits per heavy atom. The zero-order valence-electron chi connectivity index (χ0n) is 27.4. The molecule has 4 rings (SSSR count). The largest absolute Gasteiger partial charge is 0.481 e. The summed E-state index contributed by atoms with van der Waals surface area (Å²) in [6.07, 6.45) is -0.516. The van der Waals surface area contributed by atoms with Gasteiger partial charge in [0.2, 0.25) is 5.91 Å². The highest BCUT2D eigenvalue weighted by molar-refractivity contribution is 7.74. The van der Waals surface area contributed by atoms with E-state index in [1.54, 1.807) is 86.6 Å². The summed E-state index contributed by atoms with van der Waals surface area (Å²) in [6.45, 7) is 3.68. The maximum Gasteiger partial charge on any atom is 0.305 e. The first-order chi connectivity index (χ1) is 23.4. The van der Waals surface area contributed by atoms with Crippen molar-refractivity contribution in [1.29, 1.82) is 0 Å². The van der Waals surface area contributed by atoms with Crippen LogP contribution in [0.1, 0.15) is 37.6 Å². The molecule has 256 valence electrons. The Morgan fingerprint density at radius 3 is 1.90 bits per heavy atom. The Balaban J connectivity index is 1.42. The van der Waals surface area contributed by atoms with Gasteiger partial charge in [-0.2, -0.15) is 0 Å². The third-order valence-corrected chi connectivity index (χ3v) is 10.1. The zero-order valence-corrected chi connectivity index (χ0v) is 28.3. The Morgan fingerprint density at radius 1 is 0.755 bits per heavy atom. The summed E-state index contributed by atoms with van der Waals surface area (Å²) < 4.78 is 19.9. The molecular weight excluding hydrogens is 647 g/mol. The van der Waals surface area contributed by atoms with Crippen molar-refractivity contribution in [2.45, 2.75) is 39.3 Å². The third-order valence-electron chi connectivity index (χ3n) is 7.66. The lowest BCUT2D eigenvalue weighted by Crippen LogP contribution is -2.57. The number of hydrogen-bond donors (Lipinski definition) is 4. The van der Waals surface area contributed by atoms with Crippen molar-refractivity contribution in [2.24, 2.45) is 5.92 Å². The number of carbonyl (C=O) groups is 5. The minimum absolute atomic E-state index is 0.346. The number of nitrogens with zero attached hydrogens (tertiary/aromatic N) is 1. The van der Waals surface area contributed by atoms with E-state index in [0.717, 1.165) is 15.8 Å². The number of fused-ring (bicyclic) bond motifs is 1. The smallest absolute Gasteiger partial charge is 0.305 e. The van der Waals surface area contributed by atoms with Gasteiger partial charge in [0.25, 0.3) is 25.1 Å². The molecule has 0 aromatic heterocycles. The summed E-state index contributed by atoms with van der Waals surface area (Å²) in [7, 11) is -3.76. The molecular formula is C36H39N4O8P. The fourth-order valence-electron chi connectivity index (χ4n) is 4.91. The summed E-state index contributed by atoms with van der Waals surface area (Å²) >= 11 is 0. The van der Waals surface area contributed by atoms with Crippen LogP contribution in [-0.2, 0) is 28.3 Å². The molecule has 0 radical (unpaired) electrons. The van der Waals surface area contributed by atoms with Crippen molar-refractivity contribution < 1.29 is 38.2 Å². The summed E-state index contributed by atoms with van der Waals surface area (Å²) in [5, 5.41) is 17.8. The fraction of sp³-hybridized carbons (Fsp3) is 0.250. The van der Waals surface area contributed by atoms with Crippen LogP contribution in [0, 0.1) is 5.92 Å². The predicted molar refractivity (Wildman–Crippen MR) is 185 cm³/mol. The lowest BCUT2D eigenvalue weighted by Gasteiger charge is -2.27. The molecule has 0 aliphatic carbocycles. The molecule has 0 bridgehead atoms. The number of amides is 4. The molecule has 4 N–H and O–H groups in total. The van der Waals surface area contributed by atoms with E-state index in [1.165, 1.54) is 6.92 Å². The van der Waals surface area contributed by atoms with Crippen molar-refractivity contribution >= 4 is 58.3 Å². The van der Waals surface area contributed by atoms with Crippen molar-refractivity contribution in [2.75, 3.05) is 13.2 Å². The Bertz CT molecular complexity index is 1810. The molecule has 12 nitrogen and oxygen atoms in total. The molecule has 2 atom stereocenters. The second-order valence-electron chi connectivity index (χ2n) is 11.6. The van der Waals surface area contributed by atoms with Crippen molar-refractivity contribution in [3.8, 4) is 0 Å².